The van der Waals surface area contributed by atoms with Crippen molar-refractivity contribution in [2.24, 2.45) is 0 Å². The van der Waals surface area contributed by atoms with Crippen molar-refractivity contribution in [3.63, 3.8) is 0 Å². The number of nitrogens with zero attached hydrogens (tertiary/aromatic N) is 1. The highest BCUT2D eigenvalue weighted by Crippen LogP contribution is 2.20. The SMILES string of the molecule is CCc1ccc(C(CO)NC(=O)C2CCCN2C(C)=O)cc1. The molecule has 1 saturated heterocycles. The molecule has 0 spiro atoms. The van der Waals surface area contributed by atoms with Crippen LogP contribution in [0.5, 0.6) is 0 Å². The molecule has 5 heteroatoms. The van der Waals surface area contributed by atoms with Crippen molar-refractivity contribution in [1.82, 2.24) is 10.2 Å². The molecule has 1 heterocycles. The van der Waals surface area contributed by atoms with Crippen molar-refractivity contribution < 1.29 is 14.7 Å². The summed E-state index contributed by atoms with van der Waals surface area (Å²) in [6.07, 6.45) is 2.47. The van der Waals surface area contributed by atoms with Gasteiger partial charge in [0.2, 0.25) is 11.8 Å². The lowest BCUT2D eigenvalue weighted by atomic mass is 10.0. The van der Waals surface area contributed by atoms with Crippen molar-refractivity contribution in [1.29, 1.82) is 0 Å². The van der Waals surface area contributed by atoms with E-state index >= 15 is 0 Å². The monoisotopic (exact) mass is 304 g/mol. The highest BCUT2D eigenvalue weighted by atomic mass is 16.3. The fourth-order valence-corrected chi connectivity index (χ4v) is 2.90. The summed E-state index contributed by atoms with van der Waals surface area (Å²) in [5.74, 6) is -0.267. The summed E-state index contributed by atoms with van der Waals surface area (Å²) in [7, 11) is 0. The van der Waals surface area contributed by atoms with E-state index in [1.54, 1.807) is 4.90 Å². The summed E-state index contributed by atoms with van der Waals surface area (Å²) in [6, 6.07) is 7.01. The lowest BCUT2D eigenvalue weighted by molar-refractivity contribution is -0.137. The molecular weight excluding hydrogens is 280 g/mol. The molecule has 0 aromatic heterocycles. The molecule has 22 heavy (non-hydrogen) atoms. The van der Waals surface area contributed by atoms with Gasteiger partial charge in [-0.25, -0.2) is 0 Å². The van der Waals surface area contributed by atoms with E-state index in [2.05, 4.69) is 12.2 Å². The number of aryl methyl sites for hydroxylation is 1. The molecule has 120 valence electrons. The first kappa shape index (κ1) is 16.5. The quantitative estimate of drug-likeness (QED) is 0.864. The Balaban J connectivity index is 2.05. The van der Waals surface area contributed by atoms with Crippen LogP contribution in [0.15, 0.2) is 24.3 Å². The lowest BCUT2D eigenvalue weighted by Crippen LogP contribution is -2.46. The number of likely N-dealkylation sites (tertiary alicyclic amines) is 1. The van der Waals surface area contributed by atoms with E-state index < -0.39 is 12.1 Å². The maximum atomic E-state index is 12.4. The molecule has 1 aromatic carbocycles. The van der Waals surface area contributed by atoms with Crippen LogP contribution in [0.4, 0.5) is 0 Å². The van der Waals surface area contributed by atoms with Gasteiger partial charge in [0.25, 0.3) is 0 Å². The largest absolute Gasteiger partial charge is 0.394 e. The van der Waals surface area contributed by atoms with Crippen LogP contribution in [0.1, 0.15) is 43.9 Å². The Morgan fingerprint density at radius 2 is 2.05 bits per heavy atom. The normalized spacial score (nSPS) is 19.0. The van der Waals surface area contributed by atoms with Crippen molar-refractivity contribution >= 4 is 11.8 Å². The first-order valence-corrected chi connectivity index (χ1v) is 7.84. The fourth-order valence-electron chi connectivity index (χ4n) is 2.90. The molecule has 2 unspecified atom stereocenters. The molecule has 0 bridgehead atoms. The maximum Gasteiger partial charge on any atom is 0.243 e. The molecule has 0 aliphatic carbocycles. The zero-order valence-electron chi connectivity index (χ0n) is 13.2. The van der Waals surface area contributed by atoms with Gasteiger partial charge in [0.15, 0.2) is 0 Å². The third kappa shape index (κ3) is 3.65. The Bertz CT molecular complexity index is 527. The summed E-state index contributed by atoms with van der Waals surface area (Å²) >= 11 is 0. The molecule has 0 radical (unpaired) electrons. The van der Waals surface area contributed by atoms with E-state index in [4.69, 9.17) is 0 Å². The second-order valence-corrected chi connectivity index (χ2v) is 5.71. The van der Waals surface area contributed by atoms with Gasteiger partial charge in [0, 0.05) is 13.5 Å². The van der Waals surface area contributed by atoms with Crippen LogP contribution < -0.4 is 5.32 Å². The average Bonchev–Trinajstić information content (AvgIpc) is 3.02. The van der Waals surface area contributed by atoms with Gasteiger partial charge in [-0.05, 0) is 30.4 Å². The van der Waals surface area contributed by atoms with E-state index in [0.717, 1.165) is 18.4 Å². The number of amides is 2. The molecular formula is C17H24N2O3. The van der Waals surface area contributed by atoms with Crippen LogP contribution in [0.2, 0.25) is 0 Å². The van der Waals surface area contributed by atoms with Crippen molar-refractivity contribution in [3.05, 3.63) is 35.4 Å². The van der Waals surface area contributed by atoms with E-state index in [0.29, 0.717) is 13.0 Å². The van der Waals surface area contributed by atoms with Crippen LogP contribution in [-0.2, 0) is 16.0 Å². The summed E-state index contributed by atoms with van der Waals surface area (Å²) in [6.45, 7) is 4.03. The van der Waals surface area contributed by atoms with Crippen molar-refractivity contribution in [2.45, 2.75) is 45.2 Å². The summed E-state index contributed by atoms with van der Waals surface area (Å²) in [5, 5.41) is 12.4. The molecule has 0 saturated carbocycles. The Kier molecular flexibility index (Phi) is 5.55. The van der Waals surface area contributed by atoms with Crippen LogP contribution in [0, 0.1) is 0 Å². The fraction of sp³-hybridized carbons (Fsp3) is 0.529. The van der Waals surface area contributed by atoms with Crippen LogP contribution in [0.25, 0.3) is 0 Å². The second-order valence-electron chi connectivity index (χ2n) is 5.71. The van der Waals surface area contributed by atoms with E-state index in [-0.39, 0.29) is 18.4 Å². The van der Waals surface area contributed by atoms with Crippen molar-refractivity contribution in [3.8, 4) is 0 Å². The first-order chi connectivity index (χ1) is 10.6. The van der Waals surface area contributed by atoms with Crippen LogP contribution in [-0.4, -0.2) is 41.0 Å². The zero-order chi connectivity index (χ0) is 16.1. The number of carbonyl (C=O) groups excluding carboxylic acids is 2. The number of rotatable bonds is 5. The second kappa shape index (κ2) is 7.40. The van der Waals surface area contributed by atoms with E-state index in [1.165, 1.54) is 12.5 Å². The molecule has 5 nitrogen and oxygen atoms in total. The van der Waals surface area contributed by atoms with Gasteiger partial charge in [-0.1, -0.05) is 31.2 Å². The third-order valence-electron chi connectivity index (χ3n) is 4.25. The number of nitrogens with one attached hydrogen (secondary N) is 1. The number of aliphatic hydroxyl groups is 1. The van der Waals surface area contributed by atoms with E-state index in [9.17, 15) is 14.7 Å². The molecule has 2 atom stereocenters. The number of carbonyl (C=O) groups is 2. The predicted molar refractivity (Wildman–Crippen MR) is 84.2 cm³/mol. The zero-order valence-corrected chi connectivity index (χ0v) is 13.2. The Hall–Kier alpha value is -1.88. The smallest absolute Gasteiger partial charge is 0.243 e. The molecule has 1 aliphatic rings. The average molecular weight is 304 g/mol. The van der Waals surface area contributed by atoms with Crippen molar-refractivity contribution in [2.75, 3.05) is 13.2 Å². The highest BCUT2D eigenvalue weighted by Gasteiger charge is 2.33. The molecule has 2 N–H and O–H groups in total. The Labute approximate surface area is 131 Å². The maximum absolute atomic E-state index is 12.4. The van der Waals surface area contributed by atoms with Crippen LogP contribution >= 0.6 is 0 Å². The minimum atomic E-state index is -0.437. The predicted octanol–water partition coefficient (Wildman–Crippen LogP) is 1.41. The topological polar surface area (TPSA) is 69.6 Å². The lowest BCUT2D eigenvalue weighted by Gasteiger charge is -2.25. The van der Waals surface area contributed by atoms with Gasteiger partial charge in [-0.15, -0.1) is 0 Å². The standard InChI is InChI=1S/C17H24N2O3/c1-3-13-6-8-14(9-7-13)15(11-20)18-17(22)16-5-4-10-19(16)12(2)21/h6-9,15-16,20H,3-5,10-11H2,1-2H3,(H,18,22). The van der Waals surface area contributed by atoms with Crippen LogP contribution in [0.3, 0.4) is 0 Å². The molecule has 1 fully saturated rings. The number of benzene rings is 1. The molecule has 1 aliphatic heterocycles. The minimum absolute atomic E-state index is 0.0782. The van der Waals surface area contributed by atoms with E-state index in [1.807, 2.05) is 24.3 Å². The first-order valence-electron chi connectivity index (χ1n) is 7.84. The van der Waals surface area contributed by atoms with Gasteiger partial charge >= 0.3 is 0 Å². The number of hydrogen-bond acceptors (Lipinski definition) is 3. The molecule has 2 amide bonds. The summed E-state index contributed by atoms with van der Waals surface area (Å²) < 4.78 is 0. The highest BCUT2D eigenvalue weighted by molar-refractivity contribution is 5.87. The van der Waals surface area contributed by atoms with Gasteiger partial charge in [-0.3, -0.25) is 9.59 Å². The van der Waals surface area contributed by atoms with Gasteiger partial charge in [0.05, 0.1) is 12.6 Å². The van der Waals surface area contributed by atoms with Gasteiger partial charge < -0.3 is 15.3 Å². The summed E-state index contributed by atoms with van der Waals surface area (Å²) in [4.78, 5) is 25.6. The van der Waals surface area contributed by atoms with Gasteiger partial charge in [0.1, 0.15) is 6.04 Å². The molecule has 2 rings (SSSR count). The van der Waals surface area contributed by atoms with Gasteiger partial charge in [-0.2, -0.15) is 0 Å². The minimum Gasteiger partial charge on any atom is -0.394 e. The Morgan fingerprint density at radius 3 is 2.59 bits per heavy atom. The Morgan fingerprint density at radius 1 is 1.36 bits per heavy atom. The number of hydrogen-bond donors (Lipinski definition) is 2. The molecule has 1 aromatic rings. The third-order valence-corrected chi connectivity index (χ3v) is 4.25. The number of aliphatic hydroxyl groups excluding tert-OH is 1. The summed E-state index contributed by atoms with van der Waals surface area (Å²) in [5.41, 5.74) is 2.09.